The summed E-state index contributed by atoms with van der Waals surface area (Å²) in [6.07, 6.45) is 5.68. The summed E-state index contributed by atoms with van der Waals surface area (Å²) in [5.74, 6) is -0.279. The summed E-state index contributed by atoms with van der Waals surface area (Å²) in [4.78, 5) is 23.2. The van der Waals surface area contributed by atoms with Crippen molar-refractivity contribution < 1.29 is 18.4 Å². The van der Waals surface area contributed by atoms with Crippen LogP contribution >= 0.6 is 0 Å². The van der Waals surface area contributed by atoms with Crippen LogP contribution in [0.1, 0.15) is 23.2 Å². The average Bonchev–Trinajstić information content (AvgIpc) is 3.34. The van der Waals surface area contributed by atoms with Crippen LogP contribution in [0.3, 0.4) is 0 Å². The fraction of sp³-hybridized carbons (Fsp3) is 0.278. The van der Waals surface area contributed by atoms with Crippen molar-refractivity contribution in [3.8, 4) is 0 Å². The summed E-state index contributed by atoms with van der Waals surface area (Å²) in [5.41, 5.74) is 3.23. The molecule has 2 aromatic heterocycles. The number of aromatic nitrogens is 3. The maximum atomic E-state index is 11.9. The summed E-state index contributed by atoms with van der Waals surface area (Å²) in [5, 5.41) is 4.11. The minimum absolute atomic E-state index is 0.344. The molecule has 1 amide bonds. The zero-order chi connectivity index (χ0) is 19.2. The van der Waals surface area contributed by atoms with Crippen LogP contribution in [0.2, 0.25) is 0 Å². The molecule has 9 heteroatoms. The lowest BCUT2D eigenvalue weighted by Gasteiger charge is -2.16. The molecule has 7 nitrogen and oxygen atoms in total. The third-order valence-corrected chi connectivity index (χ3v) is 4.03. The van der Waals surface area contributed by atoms with E-state index < -0.39 is 11.6 Å². The molecule has 1 saturated heterocycles. The SMILES string of the molecule is CONC(=O)c1cnn2ccc(N3CCCC3)nc12.Fc1ccc(F)cc1. The first-order valence-electron chi connectivity index (χ1n) is 8.42. The van der Waals surface area contributed by atoms with Crippen LogP contribution in [0.15, 0.2) is 42.7 Å². The second-order valence-electron chi connectivity index (χ2n) is 5.88. The van der Waals surface area contributed by atoms with Crippen LogP contribution in [0.4, 0.5) is 14.6 Å². The monoisotopic (exact) mass is 375 g/mol. The van der Waals surface area contributed by atoms with Crippen molar-refractivity contribution in [3.63, 3.8) is 0 Å². The van der Waals surface area contributed by atoms with E-state index in [9.17, 15) is 13.6 Å². The maximum Gasteiger partial charge on any atom is 0.280 e. The number of anilines is 1. The van der Waals surface area contributed by atoms with Gasteiger partial charge in [-0.15, -0.1) is 0 Å². The first-order chi connectivity index (χ1) is 13.1. The van der Waals surface area contributed by atoms with E-state index in [1.54, 1.807) is 4.52 Å². The van der Waals surface area contributed by atoms with E-state index in [1.165, 1.54) is 26.1 Å². The van der Waals surface area contributed by atoms with Crippen LogP contribution in [-0.2, 0) is 4.84 Å². The fourth-order valence-corrected chi connectivity index (χ4v) is 2.72. The molecule has 0 unspecified atom stereocenters. The lowest BCUT2D eigenvalue weighted by molar-refractivity contribution is 0.0539. The van der Waals surface area contributed by atoms with Crippen molar-refractivity contribution in [2.45, 2.75) is 12.8 Å². The van der Waals surface area contributed by atoms with Crippen molar-refractivity contribution >= 4 is 17.4 Å². The number of rotatable bonds is 3. The number of benzene rings is 1. The lowest BCUT2D eigenvalue weighted by Crippen LogP contribution is -2.22. The predicted octanol–water partition coefficient (Wildman–Crippen LogP) is 2.59. The Hall–Kier alpha value is -3.07. The lowest BCUT2D eigenvalue weighted by atomic mass is 10.3. The zero-order valence-electron chi connectivity index (χ0n) is 14.7. The molecular formula is C18H19F2N5O2. The van der Waals surface area contributed by atoms with Gasteiger partial charge in [-0.2, -0.15) is 5.10 Å². The number of nitrogens with one attached hydrogen (secondary N) is 1. The Morgan fingerprint density at radius 3 is 2.33 bits per heavy atom. The summed E-state index contributed by atoms with van der Waals surface area (Å²) in [6.45, 7) is 2.02. The normalized spacial score (nSPS) is 13.4. The molecule has 1 N–H and O–H groups in total. The standard InChI is InChI=1S/C12H15N5O2.C6H4F2/c1-19-15-12(18)9-8-13-17-7-4-10(14-11(9)17)16-5-2-3-6-16;7-5-1-2-6(8)4-3-5/h4,7-8H,2-3,5-6H2,1H3,(H,15,18);1-4H. The molecule has 1 aliphatic heterocycles. The molecule has 1 aliphatic rings. The molecule has 0 bridgehead atoms. The molecule has 27 heavy (non-hydrogen) atoms. The Bertz CT molecular complexity index is 887. The van der Waals surface area contributed by atoms with E-state index in [2.05, 4.69) is 25.3 Å². The predicted molar refractivity (Wildman–Crippen MR) is 95.3 cm³/mol. The van der Waals surface area contributed by atoms with Crippen molar-refractivity contribution in [2.24, 2.45) is 0 Å². The van der Waals surface area contributed by atoms with Gasteiger partial charge in [0.05, 0.1) is 13.3 Å². The molecule has 3 heterocycles. The van der Waals surface area contributed by atoms with Crippen molar-refractivity contribution in [1.29, 1.82) is 0 Å². The summed E-state index contributed by atoms with van der Waals surface area (Å²) in [6, 6.07) is 6.23. The van der Waals surface area contributed by atoms with Gasteiger partial charge in [0.1, 0.15) is 23.0 Å². The van der Waals surface area contributed by atoms with Gasteiger partial charge in [0.25, 0.3) is 5.91 Å². The van der Waals surface area contributed by atoms with Gasteiger partial charge in [-0.05, 0) is 43.2 Å². The molecule has 0 radical (unpaired) electrons. The van der Waals surface area contributed by atoms with E-state index in [0.29, 0.717) is 11.2 Å². The van der Waals surface area contributed by atoms with Gasteiger partial charge in [-0.3, -0.25) is 9.63 Å². The van der Waals surface area contributed by atoms with Crippen molar-refractivity contribution in [3.05, 3.63) is 59.9 Å². The molecule has 0 aliphatic carbocycles. The van der Waals surface area contributed by atoms with Crippen LogP contribution in [0, 0.1) is 11.6 Å². The number of carbonyl (C=O) groups is 1. The number of halogens is 2. The Morgan fingerprint density at radius 1 is 1.11 bits per heavy atom. The maximum absolute atomic E-state index is 11.9. The summed E-state index contributed by atoms with van der Waals surface area (Å²) in [7, 11) is 1.40. The van der Waals surface area contributed by atoms with Gasteiger partial charge in [0, 0.05) is 19.3 Å². The Kier molecular flexibility index (Phi) is 5.92. The molecule has 3 aromatic rings. The molecule has 0 saturated carbocycles. The highest BCUT2D eigenvalue weighted by molar-refractivity contribution is 5.99. The van der Waals surface area contributed by atoms with E-state index >= 15 is 0 Å². The topological polar surface area (TPSA) is 71.8 Å². The minimum atomic E-state index is -0.411. The number of amides is 1. The van der Waals surface area contributed by atoms with E-state index in [-0.39, 0.29) is 5.91 Å². The largest absolute Gasteiger partial charge is 0.357 e. The Labute approximate surface area is 154 Å². The van der Waals surface area contributed by atoms with Gasteiger partial charge in [0.2, 0.25) is 0 Å². The van der Waals surface area contributed by atoms with Gasteiger partial charge in [-0.25, -0.2) is 23.8 Å². The molecule has 1 fully saturated rings. The van der Waals surface area contributed by atoms with E-state index in [0.717, 1.165) is 43.2 Å². The van der Waals surface area contributed by atoms with Crippen LogP contribution in [0.25, 0.3) is 5.65 Å². The summed E-state index contributed by atoms with van der Waals surface area (Å²) < 4.78 is 25.4. The van der Waals surface area contributed by atoms with Gasteiger partial charge in [-0.1, -0.05) is 0 Å². The second kappa shape index (κ2) is 8.54. The minimum Gasteiger partial charge on any atom is -0.357 e. The van der Waals surface area contributed by atoms with Crippen molar-refractivity contribution in [1.82, 2.24) is 20.1 Å². The molecule has 0 atom stereocenters. The Morgan fingerprint density at radius 2 is 1.74 bits per heavy atom. The quantitative estimate of drug-likeness (QED) is 0.713. The highest BCUT2D eigenvalue weighted by Crippen LogP contribution is 2.19. The van der Waals surface area contributed by atoms with Crippen molar-refractivity contribution in [2.75, 3.05) is 25.1 Å². The molecule has 142 valence electrons. The highest BCUT2D eigenvalue weighted by atomic mass is 19.1. The molecular weight excluding hydrogens is 356 g/mol. The molecule has 1 aromatic carbocycles. The third kappa shape index (κ3) is 4.56. The molecule has 4 rings (SSSR count). The zero-order valence-corrected chi connectivity index (χ0v) is 14.7. The van der Waals surface area contributed by atoms with E-state index in [4.69, 9.17) is 0 Å². The van der Waals surface area contributed by atoms with Crippen LogP contribution in [-0.4, -0.2) is 40.7 Å². The van der Waals surface area contributed by atoms with Gasteiger partial charge < -0.3 is 4.90 Å². The number of fused-ring (bicyclic) bond motifs is 1. The summed E-state index contributed by atoms with van der Waals surface area (Å²) >= 11 is 0. The average molecular weight is 375 g/mol. The first kappa shape index (κ1) is 18.7. The molecule has 0 spiro atoms. The van der Waals surface area contributed by atoms with Crippen LogP contribution < -0.4 is 10.4 Å². The smallest absolute Gasteiger partial charge is 0.280 e. The number of hydroxylamine groups is 1. The fourth-order valence-electron chi connectivity index (χ4n) is 2.72. The van der Waals surface area contributed by atoms with Crippen LogP contribution in [0.5, 0.6) is 0 Å². The van der Waals surface area contributed by atoms with E-state index in [1.807, 2.05) is 12.3 Å². The van der Waals surface area contributed by atoms with Gasteiger partial charge >= 0.3 is 0 Å². The number of carbonyl (C=O) groups excluding carboxylic acids is 1. The number of hydrogen-bond acceptors (Lipinski definition) is 5. The highest BCUT2D eigenvalue weighted by Gasteiger charge is 2.18. The number of hydrogen-bond donors (Lipinski definition) is 1. The third-order valence-electron chi connectivity index (χ3n) is 4.03. The first-order valence-corrected chi connectivity index (χ1v) is 8.42. The Balaban J connectivity index is 0.000000221. The van der Waals surface area contributed by atoms with Gasteiger partial charge in [0.15, 0.2) is 5.65 Å². The number of nitrogens with zero attached hydrogens (tertiary/aromatic N) is 4. The second-order valence-corrected chi connectivity index (χ2v) is 5.88.